The van der Waals surface area contributed by atoms with Gasteiger partial charge in [0.1, 0.15) is 17.3 Å². The summed E-state index contributed by atoms with van der Waals surface area (Å²) in [5.74, 6) is 1.88. The molecule has 0 saturated carbocycles. The predicted octanol–water partition coefficient (Wildman–Crippen LogP) is 4.93. The number of nitrogens with one attached hydrogen (secondary N) is 1. The highest BCUT2D eigenvalue weighted by Crippen LogP contribution is 2.28. The molecule has 0 amide bonds. The second-order valence-corrected chi connectivity index (χ2v) is 5.44. The van der Waals surface area contributed by atoms with E-state index in [-0.39, 0.29) is 5.84 Å². The summed E-state index contributed by atoms with van der Waals surface area (Å²) in [5.41, 5.74) is 7.24. The van der Waals surface area contributed by atoms with Crippen molar-refractivity contribution in [3.05, 3.63) is 58.6 Å². The third-order valence-corrected chi connectivity index (χ3v) is 3.84. The van der Waals surface area contributed by atoms with E-state index in [4.69, 9.17) is 27.5 Å². The number of hydrogen-bond acceptors (Lipinski definition) is 2. The highest BCUT2D eigenvalue weighted by molar-refractivity contribution is 6.34. The van der Waals surface area contributed by atoms with E-state index in [0.29, 0.717) is 22.3 Å². The van der Waals surface area contributed by atoms with E-state index in [1.165, 1.54) is 5.56 Å². The Balaban J connectivity index is 2.15. The van der Waals surface area contributed by atoms with Crippen LogP contribution in [-0.4, -0.2) is 5.84 Å². The van der Waals surface area contributed by atoms with Crippen LogP contribution in [0.1, 0.15) is 37.3 Å². The largest absolute Gasteiger partial charge is 0.457 e. The fourth-order valence-electron chi connectivity index (χ4n) is 2.01. The second kappa shape index (κ2) is 6.64. The maximum absolute atomic E-state index is 7.40. The van der Waals surface area contributed by atoms with E-state index in [9.17, 15) is 0 Å². The lowest BCUT2D eigenvalue weighted by molar-refractivity contribution is 0.482. The van der Waals surface area contributed by atoms with Crippen LogP contribution in [0, 0.1) is 5.41 Å². The minimum Gasteiger partial charge on any atom is -0.457 e. The van der Waals surface area contributed by atoms with Crippen molar-refractivity contribution in [3.63, 3.8) is 0 Å². The molecule has 2 rings (SSSR count). The molecule has 2 aromatic carbocycles. The van der Waals surface area contributed by atoms with Crippen LogP contribution in [0.4, 0.5) is 0 Å². The number of ether oxygens (including phenoxy) is 1. The third-order valence-electron chi connectivity index (χ3n) is 3.53. The van der Waals surface area contributed by atoms with Crippen LogP contribution in [0.3, 0.4) is 0 Å². The molecule has 0 heterocycles. The van der Waals surface area contributed by atoms with Crippen molar-refractivity contribution in [2.75, 3.05) is 0 Å². The first-order chi connectivity index (χ1) is 10.0. The Labute approximate surface area is 130 Å². The summed E-state index contributed by atoms with van der Waals surface area (Å²) in [5, 5.41) is 7.82. The lowest BCUT2D eigenvalue weighted by atomic mass is 9.99. The zero-order valence-corrected chi connectivity index (χ0v) is 12.9. The molecule has 21 heavy (non-hydrogen) atoms. The fourth-order valence-corrected chi connectivity index (χ4v) is 2.29. The smallest absolute Gasteiger partial charge is 0.128 e. The number of hydrogen-bond donors (Lipinski definition) is 2. The number of amidine groups is 1. The van der Waals surface area contributed by atoms with Crippen molar-refractivity contribution < 1.29 is 4.74 Å². The van der Waals surface area contributed by atoms with Gasteiger partial charge in [0.2, 0.25) is 0 Å². The van der Waals surface area contributed by atoms with Crippen molar-refractivity contribution in [2.45, 2.75) is 26.2 Å². The van der Waals surface area contributed by atoms with E-state index in [0.717, 1.165) is 12.2 Å². The molecular weight excluding hydrogens is 284 g/mol. The molecule has 3 N–H and O–H groups in total. The van der Waals surface area contributed by atoms with Crippen molar-refractivity contribution in [2.24, 2.45) is 5.73 Å². The van der Waals surface area contributed by atoms with Crippen LogP contribution in [0.2, 0.25) is 5.02 Å². The van der Waals surface area contributed by atoms with Crippen LogP contribution in [0.5, 0.6) is 11.5 Å². The molecule has 0 bridgehead atoms. The van der Waals surface area contributed by atoms with Gasteiger partial charge in [-0.1, -0.05) is 37.6 Å². The Kier molecular flexibility index (Phi) is 4.86. The van der Waals surface area contributed by atoms with Crippen LogP contribution in [0.25, 0.3) is 0 Å². The van der Waals surface area contributed by atoms with Crippen molar-refractivity contribution in [1.29, 1.82) is 5.41 Å². The Hall–Kier alpha value is -2.00. The zero-order valence-electron chi connectivity index (χ0n) is 12.2. The first-order valence-corrected chi connectivity index (χ1v) is 7.30. The number of nitrogens with two attached hydrogens (primary N) is 1. The van der Waals surface area contributed by atoms with Crippen LogP contribution in [0.15, 0.2) is 42.5 Å². The van der Waals surface area contributed by atoms with Gasteiger partial charge >= 0.3 is 0 Å². The van der Waals surface area contributed by atoms with Crippen molar-refractivity contribution in [3.8, 4) is 11.5 Å². The second-order valence-electron chi connectivity index (χ2n) is 5.04. The normalized spacial score (nSPS) is 12.0. The van der Waals surface area contributed by atoms with Gasteiger partial charge < -0.3 is 10.5 Å². The van der Waals surface area contributed by atoms with E-state index in [2.05, 4.69) is 26.0 Å². The van der Waals surface area contributed by atoms with E-state index in [1.54, 1.807) is 18.2 Å². The maximum Gasteiger partial charge on any atom is 0.128 e. The van der Waals surface area contributed by atoms with Gasteiger partial charge in [0.25, 0.3) is 0 Å². The molecule has 0 saturated heterocycles. The van der Waals surface area contributed by atoms with Gasteiger partial charge in [-0.3, -0.25) is 5.41 Å². The number of rotatable bonds is 5. The lowest BCUT2D eigenvalue weighted by Gasteiger charge is -2.11. The molecule has 1 unspecified atom stereocenters. The number of nitrogen functional groups attached to an aromatic ring is 1. The summed E-state index contributed by atoms with van der Waals surface area (Å²) >= 11 is 6.08. The molecule has 110 valence electrons. The quantitative estimate of drug-likeness (QED) is 0.607. The average Bonchev–Trinajstić information content (AvgIpc) is 2.47. The van der Waals surface area contributed by atoms with Gasteiger partial charge in [-0.05, 0) is 42.2 Å². The van der Waals surface area contributed by atoms with E-state index in [1.807, 2.05) is 12.1 Å². The standard InChI is InChI=1S/C17H19ClN2O/c1-3-11(2)12-4-6-13(7-5-12)21-14-8-9-15(17(19)20)16(18)10-14/h4-11H,3H2,1-2H3,(H3,19,20). The summed E-state index contributed by atoms with van der Waals surface area (Å²) in [6.45, 7) is 4.38. The molecule has 0 fully saturated rings. The van der Waals surface area contributed by atoms with Crippen LogP contribution in [-0.2, 0) is 0 Å². The molecule has 0 spiro atoms. The highest BCUT2D eigenvalue weighted by Gasteiger charge is 2.07. The highest BCUT2D eigenvalue weighted by atomic mass is 35.5. The molecule has 0 aromatic heterocycles. The molecular formula is C17H19ClN2O. The van der Waals surface area contributed by atoms with Gasteiger partial charge in [-0.25, -0.2) is 0 Å². The van der Waals surface area contributed by atoms with Gasteiger partial charge in [0, 0.05) is 11.6 Å². The monoisotopic (exact) mass is 302 g/mol. The van der Waals surface area contributed by atoms with Crippen molar-refractivity contribution in [1.82, 2.24) is 0 Å². The summed E-state index contributed by atoms with van der Waals surface area (Å²) in [4.78, 5) is 0. The van der Waals surface area contributed by atoms with Gasteiger partial charge in [-0.2, -0.15) is 0 Å². The Bertz CT molecular complexity index is 638. The topological polar surface area (TPSA) is 59.1 Å². The first-order valence-electron chi connectivity index (χ1n) is 6.93. The Morgan fingerprint density at radius 2 is 1.81 bits per heavy atom. The van der Waals surface area contributed by atoms with Crippen molar-refractivity contribution >= 4 is 17.4 Å². The summed E-state index contributed by atoms with van der Waals surface area (Å²) < 4.78 is 5.77. The number of benzene rings is 2. The molecule has 2 aromatic rings. The summed E-state index contributed by atoms with van der Waals surface area (Å²) in [7, 11) is 0. The lowest BCUT2D eigenvalue weighted by Crippen LogP contribution is -2.11. The Morgan fingerprint density at radius 1 is 1.19 bits per heavy atom. The SMILES string of the molecule is CCC(C)c1ccc(Oc2ccc(C(=N)N)c(Cl)c2)cc1. The third kappa shape index (κ3) is 3.76. The molecule has 0 aliphatic rings. The minimum absolute atomic E-state index is 0.0514. The average molecular weight is 303 g/mol. The molecule has 0 radical (unpaired) electrons. The van der Waals surface area contributed by atoms with Gasteiger partial charge in [0.15, 0.2) is 0 Å². The van der Waals surface area contributed by atoms with Gasteiger partial charge in [-0.15, -0.1) is 0 Å². The maximum atomic E-state index is 7.40. The fraction of sp³-hybridized carbons (Fsp3) is 0.235. The molecule has 0 aliphatic carbocycles. The molecule has 3 nitrogen and oxygen atoms in total. The zero-order chi connectivity index (χ0) is 15.4. The molecule has 0 aliphatic heterocycles. The van der Waals surface area contributed by atoms with E-state index >= 15 is 0 Å². The molecule has 1 atom stereocenters. The predicted molar refractivity (Wildman–Crippen MR) is 87.7 cm³/mol. The van der Waals surface area contributed by atoms with Crippen LogP contribution < -0.4 is 10.5 Å². The van der Waals surface area contributed by atoms with E-state index < -0.39 is 0 Å². The first kappa shape index (κ1) is 15.4. The Morgan fingerprint density at radius 3 is 2.33 bits per heavy atom. The summed E-state index contributed by atoms with van der Waals surface area (Å²) in [6.07, 6.45) is 1.11. The number of halogens is 1. The summed E-state index contributed by atoms with van der Waals surface area (Å²) in [6, 6.07) is 13.2. The van der Waals surface area contributed by atoms with Gasteiger partial charge in [0.05, 0.1) is 5.02 Å². The molecule has 4 heteroatoms. The van der Waals surface area contributed by atoms with Crippen LogP contribution >= 0.6 is 11.6 Å². The minimum atomic E-state index is -0.0514.